The standard InChI is InChI=1S/C14H24O3S/c1-12(14-9-5-6-10-18(14,15)16)17-11-13-7-3-2-4-8-13/h11-12,14H,2-10H2,1H3. The van der Waals surface area contributed by atoms with E-state index in [1.807, 2.05) is 13.2 Å². The highest BCUT2D eigenvalue weighted by molar-refractivity contribution is 7.92. The highest BCUT2D eigenvalue weighted by Crippen LogP contribution is 2.26. The Bertz CT molecular complexity index is 389. The van der Waals surface area contributed by atoms with Gasteiger partial charge in [0.05, 0.1) is 17.3 Å². The molecule has 0 radical (unpaired) electrons. The van der Waals surface area contributed by atoms with Gasteiger partial charge in [0.1, 0.15) is 6.10 Å². The minimum atomic E-state index is -2.93. The SMILES string of the molecule is CC(OC=C1CCCCC1)C1CCCCS1(=O)=O. The third kappa shape index (κ3) is 3.50. The van der Waals surface area contributed by atoms with Crippen LogP contribution in [0, 0.1) is 0 Å². The van der Waals surface area contributed by atoms with E-state index >= 15 is 0 Å². The van der Waals surface area contributed by atoms with Crippen LogP contribution in [0.25, 0.3) is 0 Å². The van der Waals surface area contributed by atoms with Gasteiger partial charge in [-0.15, -0.1) is 0 Å². The lowest BCUT2D eigenvalue weighted by molar-refractivity contribution is 0.147. The van der Waals surface area contributed by atoms with Crippen molar-refractivity contribution in [2.24, 2.45) is 0 Å². The minimum Gasteiger partial charge on any atom is -0.497 e. The summed E-state index contributed by atoms with van der Waals surface area (Å²) in [5.74, 6) is 0.335. The summed E-state index contributed by atoms with van der Waals surface area (Å²) >= 11 is 0. The molecule has 0 bridgehead atoms. The Kier molecular flexibility index (Phi) is 4.71. The van der Waals surface area contributed by atoms with Crippen LogP contribution in [0.5, 0.6) is 0 Å². The monoisotopic (exact) mass is 272 g/mol. The Morgan fingerprint density at radius 3 is 2.56 bits per heavy atom. The second kappa shape index (κ2) is 6.09. The zero-order valence-corrected chi connectivity index (χ0v) is 12.0. The highest BCUT2D eigenvalue weighted by Gasteiger charge is 2.34. The molecule has 2 rings (SSSR count). The van der Waals surface area contributed by atoms with E-state index in [0.717, 1.165) is 32.1 Å². The van der Waals surface area contributed by atoms with Gasteiger partial charge in [0, 0.05) is 0 Å². The lowest BCUT2D eigenvalue weighted by Gasteiger charge is -2.27. The highest BCUT2D eigenvalue weighted by atomic mass is 32.2. The van der Waals surface area contributed by atoms with Crippen molar-refractivity contribution >= 4 is 9.84 Å². The molecule has 18 heavy (non-hydrogen) atoms. The van der Waals surface area contributed by atoms with Crippen LogP contribution in [0.3, 0.4) is 0 Å². The predicted octanol–water partition coefficient (Wildman–Crippen LogP) is 3.21. The maximum absolute atomic E-state index is 12.0. The molecule has 0 aromatic carbocycles. The van der Waals surface area contributed by atoms with Gasteiger partial charge in [-0.3, -0.25) is 0 Å². The number of hydrogen-bond donors (Lipinski definition) is 0. The van der Waals surface area contributed by atoms with E-state index in [0.29, 0.717) is 5.75 Å². The van der Waals surface area contributed by atoms with Crippen LogP contribution in [0.15, 0.2) is 11.8 Å². The van der Waals surface area contributed by atoms with E-state index < -0.39 is 9.84 Å². The lowest BCUT2D eigenvalue weighted by Crippen LogP contribution is -2.37. The van der Waals surface area contributed by atoms with E-state index in [1.54, 1.807) is 0 Å². The van der Waals surface area contributed by atoms with Crippen molar-refractivity contribution in [3.05, 3.63) is 11.8 Å². The molecule has 1 aliphatic carbocycles. The third-order valence-corrected chi connectivity index (χ3v) is 6.50. The van der Waals surface area contributed by atoms with Gasteiger partial charge in [-0.2, -0.15) is 0 Å². The van der Waals surface area contributed by atoms with Gasteiger partial charge < -0.3 is 4.74 Å². The van der Waals surface area contributed by atoms with E-state index in [4.69, 9.17) is 4.74 Å². The summed E-state index contributed by atoms with van der Waals surface area (Å²) < 4.78 is 29.7. The van der Waals surface area contributed by atoms with Gasteiger partial charge in [-0.1, -0.05) is 12.8 Å². The number of sulfone groups is 1. The Morgan fingerprint density at radius 2 is 1.89 bits per heavy atom. The average Bonchev–Trinajstić information content (AvgIpc) is 2.37. The maximum Gasteiger partial charge on any atom is 0.156 e. The number of hydrogen-bond acceptors (Lipinski definition) is 3. The van der Waals surface area contributed by atoms with Gasteiger partial charge in [-0.05, 0) is 51.0 Å². The van der Waals surface area contributed by atoms with Crippen LogP contribution in [0.4, 0.5) is 0 Å². The Balaban J connectivity index is 1.92. The summed E-state index contributed by atoms with van der Waals surface area (Å²) in [6.45, 7) is 1.90. The van der Waals surface area contributed by atoms with Crippen molar-refractivity contribution in [2.75, 3.05) is 5.75 Å². The molecule has 0 amide bonds. The summed E-state index contributed by atoms with van der Waals surface area (Å²) in [6, 6.07) is 0. The summed E-state index contributed by atoms with van der Waals surface area (Å²) in [6.07, 6.45) is 10.2. The van der Waals surface area contributed by atoms with Crippen LogP contribution in [0.1, 0.15) is 58.3 Å². The molecule has 0 spiro atoms. The average molecular weight is 272 g/mol. The summed E-state index contributed by atoms with van der Waals surface area (Å²) in [5, 5.41) is -0.299. The Morgan fingerprint density at radius 1 is 1.17 bits per heavy atom. The first-order chi connectivity index (χ1) is 8.59. The Hall–Kier alpha value is -0.510. The predicted molar refractivity (Wildman–Crippen MR) is 73.1 cm³/mol. The normalized spacial score (nSPS) is 29.6. The fraction of sp³-hybridized carbons (Fsp3) is 0.857. The lowest BCUT2D eigenvalue weighted by atomic mass is 9.96. The van der Waals surface area contributed by atoms with Gasteiger partial charge in [-0.25, -0.2) is 8.42 Å². The minimum absolute atomic E-state index is 0.204. The van der Waals surface area contributed by atoms with Crippen molar-refractivity contribution in [2.45, 2.75) is 69.6 Å². The van der Waals surface area contributed by atoms with Gasteiger partial charge in [0.25, 0.3) is 0 Å². The van der Waals surface area contributed by atoms with Crippen LogP contribution in [0.2, 0.25) is 0 Å². The van der Waals surface area contributed by atoms with Crippen molar-refractivity contribution in [1.82, 2.24) is 0 Å². The molecule has 0 N–H and O–H groups in total. The molecule has 0 aromatic heterocycles. The molecule has 104 valence electrons. The molecule has 1 saturated carbocycles. The molecule has 3 nitrogen and oxygen atoms in total. The zero-order chi connectivity index (χ0) is 13.0. The molecule has 1 aliphatic heterocycles. The topological polar surface area (TPSA) is 43.4 Å². The molecule has 2 aliphatic rings. The van der Waals surface area contributed by atoms with Crippen LogP contribution >= 0.6 is 0 Å². The fourth-order valence-electron chi connectivity index (χ4n) is 2.92. The number of allylic oxidation sites excluding steroid dienone is 1. The van der Waals surface area contributed by atoms with Crippen molar-refractivity contribution in [3.8, 4) is 0 Å². The first-order valence-corrected chi connectivity index (χ1v) is 8.86. The number of rotatable bonds is 3. The van der Waals surface area contributed by atoms with Crippen LogP contribution in [-0.4, -0.2) is 25.5 Å². The molecule has 4 heteroatoms. The molecule has 0 aromatic rings. The maximum atomic E-state index is 12.0. The smallest absolute Gasteiger partial charge is 0.156 e. The quantitative estimate of drug-likeness (QED) is 0.741. The summed E-state index contributed by atoms with van der Waals surface area (Å²) in [4.78, 5) is 0. The molecule has 1 saturated heterocycles. The van der Waals surface area contributed by atoms with Crippen molar-refractivity contribution in [1.29, 1.82) is 0 Å². The third-order valence-electron chi connectivity index (χ3n) is 4.10. The van der Waals surface area contributed by atoms with E-state index in [-0.39, 0.29) is 11.4 Å². The summed E-state index contributed by atoms with van der Waals surface area (Å²) in [5.41, 5.74) is 1.35. The van der Waals surface area contributed by atoms with Crippen molar-refractivity contribution < 1.29 is 13.2 Å². The van der Waals surface area contributed by atoms with E-state index in [9.17, 15) is 8.42 Å². The summed E-state index contributed by atoms with van der Waals surface area (Å²) in [7, 11) is -2.93. The van der Waals surface area contributed by atoms with Crippen LogP contribution in [-0.2, 0) is 14.6 Å². The molecular weight excluding hydrogens is 248 g/mol. The van der Waals surface area contributed by atoms with E-state index in [2.05, 4.69) is 0 Å². The first kappa shape index (κ1) is 13.9. The van der Waals surface area contributed by atoms with Crippen LogP contribution < -0.4 is 0 Å². The Labute approximate surface area is 111 Å². The van der Waals surface area contributed by atoms with Gasteiger partial charge >= 0.3 is 0 Å². The molecule has 2 unspecified atom stereocenters. The molecule has 2 fully saturated rings. The second-order valence-corrected chi connectivity index (χ2v) is 7.92. The fourth-order valence-corrected chi connectivity index (χ4v) is 5.00. The first-order valence-electron chi connectivity index (χ1n) is 7.14. The largest absolute Gasteiger partial charge is 0.497 e. The van der Waals surface area contributed by atoms with Crippen molar-refractivity contribution in [3.63, 3.8) is 0 Å². The second-order valence-electron chi connectivity index (χ2n) is 5.58. The zero-order valence-electron chi connectivity index (χ0n) is 11.2. The molecule has 1 heterocycles. The van der Waals surface area contributed by atoms with E-state index in [1.165, 1.54) is 24.8 Å². The molecular formula is C14H24O3S. The molecule has 2 atom stereocenters. The van der Waals surface area contributed by atoms with Gasteiger partial charge in [0.15, 0.2) is 9.84 Å². The van der Waals surface area contributed by atoms with Gasteiger partial charge in [0.2, 0.25) is 0 Å². The number of ether oxygens (including phenoxy) is 1.